The van der Waals surface area contributed by atoms with Crippen LogP contribution in [-0.2, 0) is 0 Å². The minimum absolute atomic E-state index is 0. The first-order chi connectivity index (χ1) is 8.31. The molecule has 1 atom stereocenters. The van der Waals surface area contributed by atoms with Gasteiger partial charge in [0, 0.05) is 12.6 Å². The van der Waals surface area contributed by atoms with Crippen molar-refractivity contribution in [1.82, 2.24) is 10.6 Å². The van der Waals surface area contributed by atoms with Crippen LogP contribution in [0.15, 0.2) is 24.3 Å². The van der Waals surface area contributed by atoms with E-state index in [1.807, 2.05) is 25.1 Å². The Hall–Kier alpha value is -1.26. The lowest BCUT2D eigenvalue weighted by molar-refractivity contribution is 0.0936. The lowest BCUT2D eigenvalue weighted by Crippen LogP contribution is -2.36. The first-order valence-electron chi connectivity index (χ1n) is 6.04. The van der Waals surface area contributed by atoms with Gasteiger partial charge in [0.2, 0.25) is 0 Å². The number of nitrogens with one attached hydrogen (secondary N) is 2. The first kappa shape index (κ1) is 14.8. The van der Waals surface area contributed by atoms with Crippen LogP contribution in [0.1, 0.15) is 23.7 Å². The molecule has 1 aromatic rings. The van der Waals surface area contributed by atoms with E-state index in [1.54, 1.807) is 6.07 Å². The van der Waals surface area contributed by atoms with E-state index >= 15 is 0 Å². The van der Waals surface area contributed by atoms with Crippen molar-refractivity contribution in [3.63, 3.8) is 0 Å². The van der Waals surface area contributed by atoms with Crippen LogP contribution in [0.4, 0.5) is 0 Å². The summed E-state index contributed by atoms with van der Waals surface area (Å²) < 4.78 is 5.45. The van der Waals surface area contributed by atoms with Crippen LogP contribution in [0, 0.1) is 0 Å². The molecule has 0 saturated carbocycles. The van der Waals surface area contributed by atoms with Crippen molar-refractivity contribution in [2.24, 2.45) is 0 Å². The zero-order valence-corrected chi connectivity index (χ0v) is 11.3. The Morgan fingerprint density at radius 2 is 2.28 bits per heavy atom. The van der Waals surface area contributed by atoms with E-state index in [1.165, 1.54) is 0 Å². The fourth-order valence-electron chi connectivity index (χ4n) is 1.98. The second-order valence-electron chi connectivity index (χ2n) is 4.09. The summed E-state index contributed by atoms with van der Waals surface area (Å²) in [4.78, 5) is 12.1. The van der Waals surface area contributed by atoms with Gasteiger partial charge in [0.25, 0.3) is 5.91 Å². The third-order valence-corrected chi connectivity index (χ3v) is 2.83. The molecule has 1 unspecified atom stereocenters. The normalized spacial score (nSPS) is 17.9. The van der Waals surface area contributed by atoms with Crippen LogP contribution in [-0.4, -0.2) is 31.6 Å². The topological polar surface area (TPSA) is 50.4 Å². The molecule has 1 heterocycles. The quantitative estimate of drug-likeness (QED) is 0.874. The average molecular weight is 271 g/mol. The van der Waals surface area contributed by atoms with Gasteiger partial charge in [-0.1, -0.05) is 12.1 Å². The van der Waals surface area contributed by atoms with Gasteiger partial charge in [-0.3, -0.25) is 4.79 Å². The zero-order chi connectivity index (χ0) is 12.1. The van der Waals surface area contributed by atoms with Crippen LogP contribution in [0.2, 0.25) is 0 Å². The molecule has 1 aliphatic rings. The summed E-state index contributed by atoms with van der Waals surface area (Å²) in [5.74, 6) is 0.598. The Labute approximate surface area is 114 Å². The minimum Gasteiger partial charge on any atom is -0.493 e. The van der Waals surface area contributed by atoms with Gasteiger partial charge in [-0.2, -0.15) is 0 Å². The Balaban J connectivity index is 0.00000162. The molecule has 100 valence electrons. The number of carbonyl (C=O) groups is 1. The van der Waals surface area contributed by atoms with Crippen LogP contribution in [0.3, 0.4) is 0 Å². The van der Waals surface area contributed by atoms with E-state index in [9.17, 15) is 4.79 Å². The van der Waals surface area contributed by atoms with E-state index in [-0.39, 0.29) is 24.4 Å². The molecule has 1 saturated heterocycles. The van der Waals surface area contributed by atoms with Gasteiger partial charge in [0.05, 0.1) is 12.2 Å². The maximum Gasteiger partial charge on any atom is 0.255 e. The highest BCUT2D eigenvalue weighted by Crippen LogP contribution is 2.18. The molecule has 5 heteroatoms. The number of ether oxygens (including phenoxy) is 1. The molecule has 2 N–H and O–H groups in total. The van der Waals surface area contributed by atoms with Crippen molar-refractivity contribution in [3.8, 4) is 5.75 Å². The number of amides is 1. The largest absolute Gasteiger partial charge is 0.493 e. The molecule has 1 aromatic carbocycles. The van der Waals surface area contributed by atoms with Crippen molar-refractivity contribution in [3.05, 3.63) is 29.8 Å². The third kappa shape index (κ3) is 3.62. The van der Waals surface area contributed by atoms with Gasteiger partial charge in [0.1, 0.15) is 5.75 Å². The van der Waals surface area contributed by atoms with Crippen LogP contribution >= 0.6 is 12.4 Å². The van der Waals surface area contributed by atoms with E-state index in [0.29, 0.717) is 17.9 Å². The molecule has 18 heavy (non-hydrogen) atoms. The van der Waals surface area contributed by atoms with Crippen molar-refractivity contribution in [2.75, 3.05) is 19.7 Å². The summed E-state index contributed by atoms with van der Waals surface area (Å²) in [7, 11) is 0. The highest BCUT2D eigenvalue weighted by Gasteiger charge is 2.19. The predicted octanol–water partition coefficient (Wildman–Crippen LogP) is 1.60. The van der Waals surface area contributed by atoms with E-state index < -0.39 is 0 Å². The zero-order valence-electron chi connectivity index (χ0n) is 10.4. The molecule has 1 fully saturated rings. The maximum atomic E-state index is 12.1. The minimum atomic E-state index is -0.0530. The standard InChI is InChI=1S/C13H18N2O2.ClH/c1-2-17-12-6-4-3-5-11(12)13(16)15-10-7-8-14-9-10;/h3-6,10,14H,2,7-9H2,1H3,(H,15,16);1H. The van der Waals surface area contributed by atoms with Crippen LogP contribution in [0.5, 0.6) is 5.75 Å². The van der Waals surface area contributed by atoms with Crippen LogP contribution in [0.25, 0.3) is 0 Å². The Kier molecular flexibility index (Phi) is 5.95. The number of para-hydroxylation sites is 1. The van der Waals surface area contributed by atoms with E-state index in [4.69, 9.17) is 4.74 Å². The SMILES string of the molecule is CCOc1ccccc1C(=O)NC1CCNC1.Cl. The Morgan fingerprint density at radius 3 is 2.94 bits per heavy atom. The molecule has 0 bridgehead atoms. The van der Waals surface area contributed by atoms with Gasteiger partial charge >= 0.3 is 0 Å². The summed E-state index contributed by atoms with van der Waals surface area (Å²) >= 11 is 0. The lowest BCUT2D eigenvalue weighted by Gasteiger charge is -2.13. The molecule has 4 nitrogen and oxygen atoms in total. The predicted molar refractivity (Wildman–Crippen MR) is 73.6 cm³/mol. The van der Waals surface area contributed by atoms with Gasteiger partial charge < -0.3 is 15.4 Å². The van der Waals surface area contributed by atoms with E-state index in [2.05, 4.69) is 10.6 Å². The molecule has 0 radical (unpaired) electrons. The number of carbonyl (C=O) groups excluding carboxylic acids is 1. The number of hydrogen-bond acceptors (Lipinski definition) is 3. The van der Waals surface area contributed by atoms with Crippen molar-refractivity contribution in [2.45, 2.75) is 19.4 Å². The average Bonchev–Trinajstić information content (AvgIpc) is 2.83. The summed E-state index contributed by atoms with van der Waals surface area (Å²) in [6.07, 6.45) is 0.989. The third-order valence-electron chi connectivity index (χ3n) is 2.83. The van der Waals surface area contributed by atoms with Crippen molar-refractivity contribution in [1.29, 1.82) is 0 Å². The van der Waals surface area contributed by atoms with Gasteiger partial charge in [0.15, 0.2) is 0 Å². The second kappa shape index (κ2) is 7.24. The molecule has 1 amide bonds. The second-order valence-corrected chi connectivity index (χ2v) is 4.09. The molecule has 0 aromatic heterocycles. The molecule has 0 aliphatic carbocycles. The van der Waals surface area contributed by atoms with Crippen molar-refractivity contribution >= 4 is 18.3 Å². The number of rotatable bonds is 4. The Bertz CT molecular complexity index is 392. The highest BCUT2D eigenvalue weighted by molar-refractivity contribution is 5.97. The summed E-state index contributed by atoms with van der Waals surface area (Å²) in [6, 6.07) is 7.58. The molecule has 2 rings (SSSR count). The van der Waals surface area contributed by atoms with Gasteiger partial charge in [-0.05, 0) is 32.0 Å². The molecule has 1 aliphatic heterocycles. The fourth-order valence-corrected chi connectivity index (χ4v) is 1.98. The van der Waals surface area contributed by atoms with Gasteiger partial charge in [-0.15, -0.1) is 12.4 Å². The molecular weight excluding hydrogens is 252 g/mol. The molecular formula is C13H19ClN2O2. The number of halogens is 1. The fraction of sp³-hybridized carbons (Fsp3) is 0.462. The van der Waals surface area contributed by atoms with Crippen molar-refractivity contribution < 1.29 is 9.53 Å². The Morgan fingerprint density at radius 1 is 1.50 bits per heavy atom. The number of benzene rings is 1. The number of hydrogen-bond donors (Lipinski definition) is 2. The molecule has 0 spiro atoms. The summed E-state index contributed by atoms with van der Waals surface area (Å²) in [6.45, 7) is 4.30. The lowest BCUT2D eigenvalue weighted by atomic mass is 10.1. The summed E-state index contributed by atoms with van der Waals surface area (Å²) in [5.41, 5.74) is 0.612. The monoisotopic (exact) mass is 270 g/mol. The van der Waals surface area contributed by atoms with E-state index in [0.717, 1.165) is 19.5 Å². The smallest absolute Gasteiger partial charge is 0.255 e. The van der Waals surface area contributed by atoms with Crippen LogP contribution < -0.4 is 15.4 Å². The van der Waals surface area contributed by atoms with Gasteiger partial charge in [-0.25, -0.2) is 0 Å². The maximum absolute atomic E-state index is 12.1. The summed E-state index contributed by atoms with van der Waals surface area (Å²) in [5, 5.41) is 6.24. The first-order valence-corrected chi connectivity index (χ1v) is 6.04. The highest BCUT2D eigenvalue weighted by atomic mass is 35.5.